The maximum Gasteiger partial charge on any atom is 0.247 e. The number of aliphatic hydroxyl groups excluding tert-OH is 1. The van der Waals surface area contributed by atoms with Gasteiger partial charge in [-0.25, -0.2) is 0 Å². The van der Waals surface area contributed by atoms with Crippen LogP contribution in [0.2, 0.25) is 0 Å². The topological polar surface area (TPSA) is 81.2 Å². The molecule has 3 amide bonds. The molecule has 3 saturated heterocycles. The van der Waals surface area contributed by atoms with Crippen LogP contribution in [0.3, 0.4) is 0 Å². The fourth-order valence-electron chi connectivity index (χ4n) is 6.35. The van der Waals surface area contributed by atoms with E-state index < -0.39 is 22.6 Å². The first-order chi connectivity index (χ1) is 16.3. The smallest absolute Gasteiger partial charge is 0.247 e. The number of likely N-dealkylation sites (tertiary alicyclic amines) is 1. The highest BCUT2D eigenvalue weighted by molar-refractivity contribution is 8.02. The monoisotopic (exact) mass is 491 g/mol. The summed E-state index contributed by atoms with van der Waals surface area (Å²) in [5.74, 6) is -1.20. The van der Waals surface area contributed by atoms with E-state index in [0.29, 0.717) is 19.6 Å². The molecule has 3 fully saturated rings. The molecule has 7 nitrogen and oxygen atoms in total. The van der Waals surface area contributed by atoms with Crippen molar-refractivity contribution in [2.45, 2.75) is 75.0 Å². The molecule has 0 aromatic heterocycles. The molecule has 3 unspecified atom stereocenters. The quantitative estimate of drug-likeness (QED) is 0.401. The number of nitrogens with zero attached hydrogens (tertiary/aromatic N) is 3. The molecule has 0 aromatic rings. The van der Waals surface area contributed by atoms with Gasteiger partial charge in [0.1, 0.15) is 6.04 Å². The van der Waals surface area contributed by atoms with Crippen molar-refractivity contribution in [3.63, 3.8) is 0 Å². The van der Waals surface area contributed by atoms with E-state index in [-0.39, 0.29) is 42.2 Å². The number of amides is 3. The Balaban J connectivity index is 2.01. The third kappa shape index (κ3) is 4.43. The van der Waals surface area contributed by atoms with E-state index in [1.165, 1.54) is 0 Å². The summed E-state index contributed by atoms with van der Waals surface area (Å²) in [6, 6.07) is -0.645. The first-order valence-corrected chi connectivity index (χ1v) is 13.6. The van der Waals surface area contributed by atoms with Gasteiger partial charge in [-0.05, 0) is 32.6 Å². The summed E-state index contributed by atoms with van der Waals surface area (Å²) in [6.07, 6.45) is 7.66. The highest BCUT2D eigenvalue weighted by atomic mass is 32.2. The molecule has 0 radical (unpaired) electrons. The Kier molecular flexibility index (Phi) is 8.90. The normalized spacial score (nSPS) is 30.2. The highest BCUT2D eigenvalue weighted by Gasteiger charge is 2.74. The van der Waals surface area contributed by atoms with Crippen molar-refractivity contribution in [1.29, 1.82) is 0 Å². The lowest BCUT2D eigenvalue weighted by Gasteiger charge is -2.39. The van der Waals surface area contributed by atoms with Gasteiger partial charge in [-0.2, -0.15) is 0 Å². The van der Waals surface area contributed by atoms with Crippen LogP contribution >= 0.6 is 11.8 Å². The van der Waals surface area contributed by atoms with Crippen molar-refractivity contribution in [3.8, 4) is 0 Å². The Morgan fingerprint density at radius 2 is 1.94 bits per heavy atom. The minimum absolute atomic E-state index is 0.00137. The van der Waals surface area contributed by atoms with Gasteiger partial charge in [0.25, 0.3) is 0 Å². The summed E-state index contributed by atoms with van der Waals surface area (Å²) in [4.78, 5) is 46.9. The maximum atomic E-state index is 14.1. The minimum Gasteiger partial charge on any atom is -0.395 e. The number of thioether (sulfide) groups is 1. The number of aliphatic hydroxyl groups is 1. The predicted octanol–water partition coefficient (Wildman–Crippen LogP) is 2.70. The molecule has 3 heterocycles. The molecular weight excluding hydrogens is 450 g/mol. The summed E-state index contributed by atoms with van der Waals surface area (Å²) in [5.41, 5.74) is 0. The van der Waals surface area contributed by atoms with Gasteiger partial charge < -0.3 is 19.8 Å². The summed E-state index contributed by atoms with van der Waals surface area (Å²) in [7, 11) is 0. The zero-order valence-corrected chi connectivity index (χ0v) is 21.8. The largest absolute Gasteiger partial charge is 0.395 e. The van der Waals surface area contributed by atoms with Crippen LogP contribution in [0.1, 0.15) is 52.9 Å². The number of carbonyl (C=O) groups excluding carboxylic acids is 3. The molecule has 1 N–H and O–H groups in total. The van der Waals surface area contributed by atoms with Crippen LogP contribution in [0.5, 0.6) is 0 Å². The summed E-state index contributed by atoms with van der Waals surface area (Å²) >= 11 is 1.68. The van der Waals surface area contributed by atoms with Crippen molar-refractivity contribution in [3.05, 3.63) is 25.3 Å². The van der Waals surface area contributed by atoms with E-state index in [4.69, 9.17) is 0 Å². The molecule has 190 valence electrons. The molecule has 1 spiro atoms. The maximum absolute atomic E-state index is 14.1. The molecule has 3 aliphatic rings. The van der Waals surface area contributed by atoms with Crippen LogP contribution in [0.4, 0.5) is 0 Å². The van der Waals surface area contributed by atoms with Crippen LogP contribution in [0.25, 0.3) is 0 Å². The van der Waals surface area contributed by atoms with E-state index in [1.54, 1.807) is 33.7 Å². The second-order valence-corrected chi connectivity index (χ2v) is 11.4. The number of hydrogen-bond acceptors (Lipinski definition) is 5. The average Bonchev–Trinajstić information content (AvgIpc) is 3.44. The Hall–Kier alpha value is -1.80. The zero-order chi connectivity index (χ0) is 25.0. The number of rotatable bonds is 13. The predicted molar refractivity (Wildman–Crippen MR) is 136 cm³/mol. The van der Waals surface area contributed by atoms with Gasteiger partial charge in [0.15, 0.2) is 0 Å². The van der Waals surface area contributed by atoms with Gasteiger partial charge >= 0.3 is 0 Å². The standard InChI is InChI=1S/C26H41N3O4S/c1-6-10-18(5)28(15-9-4)25(33)22-26-12-11-19(34-26)20(21(26)24(32)29(22)16-17-30)23(31)27(13-7-2)14-8-3/h7,9,18-22,30H,2,4,6,8,10-17H2,1,3,5H3/t18?,19-,20+,21+,22?,26?/m1/s1. The Morgan fingerprint density at radius 3 is 2.53 bits per heavy atom. The van der Waals surface area contributed by atoms with Crippen molar-refractivity contribution in [1.82, 2.24) is 14.7 Å². The molecule has 0 aliphatic carbocycles. The fraction of sp³-hybridized carbons (Fsp3) is 0.731. The van der Waals surface area contributed by atoms with Gasteiger partial charge in [0.2, 0.25) is 17.7 Å². The van der Waals surface area contributed by atoms with E-state index in [2.05, 4.69) is 20.1 Å². The van der Waals surface area contributed by atoms with E-state index in [9.17, 15) is 19.5 Å². The third-order valence-corrected chi connectivity index (χ3v) is 9.61. The van der Waals surface area contributed by atoms with Gasteiger partial charge in [-0.3, -0.25) is 14.4 Å². The second kappa shape index (κ2) is 11.3. The zero-order valence-electron chi connectivity index (χ0n) is 20.9. The molecule has 34 heavy (non-hydrogen) atoms. The van der Waals surface area contributed by atoms with E-state index in [0.717, 1.165) is 32.1 Å². The molecule has 3 rings (SSSR count). The third-order valence-electron chi connectivity index (χ3n) is 7.66. The molecule has 3 aliphatic heterocycles. The molecular formula is C26H41N3O4S. The Bertz CT molecular complexity index is 805. The minimum atomic E-state index is -0.664. The van der Waals surface area contributed by atoms with Crippen molar-refractivity contribution < 1.29 is 19.5 Å². The first kappa shape index (κ1) is 26.8. The molecule has 8 heteroatoms. The summed E-state index contributed by atoms with van der Waals surface area (Å²) in [5, 5.41) is 9.82. The van der Waals surface area contributed by atoms with Crippen molar-refractivity contribution >= 4 is 29.5 Å². The van der Waals surface area contributed by atoms with E-state index >= 15 is 0 Å². The lowest BCUT2D eigenvalue weighted by Crippen LogP contribution is -2.57. The highest BCUT2D eigenvalue weighted by Crippen LogP contribution is 2.66. The van der Waals surface area contributed by atoms with Crippen molar-refractivity contribution in [2.24, 2.45) is 11.8 Å². The number of hydrogen-bond donors (Lipinski definition) is 1. The molecule has 6 atom stereocenters. The van der Waals surface area contributed by atoms with Gasteiger partial charge in [0.05, 0.1) is 23.2 Å². The second-order valence-electron chi connectivity index (χ2n) is 9.80. The van der Waals surface area contributed by atoms with Crippen molar-refractivity contribution in [2.75, 3.05) is 32.8 Å². The number of fused-ring (bicyclic) bond motifs is 1. The van der Waals surface area contributed by atoms with Crippen LogP contribution in [0.15, 0.2) is 25.3 Å². The number of β-amino-alcohol motifs (C(OH)–C–C–N with tert-alkyl or cyclic N) is 1. The number of carbonyl (C=O) groups is 3. The lowest BCUT2D eigenvalue weighted by molar-refractivity contribution is -0.145. The lowest BCUT2D eigenvalue weighted by atomic mass is 9.70. The molecule has 0 saturated carbocycles. The first-order valence-electron chi connectivity index (χ1n) is 12.7. The SMILES string of the molecule is C=CCN(CCC)C(=O)[C@@H]1[C@H]2C(=O)N(CCO)C(C(=O)N(CC=C)C(C)CCC)C23CC[C@H]1S3. The average molecular weight is 492 g/mol. The Labute approximate surface area is 208 Å². The van der Waals surface area contributed by atoms with Crippen LogP contribution < -0.4 is 0 Å². The van der Waals surface area contributed by atoms with Gasteiger partial charge in [-0.15, -0.1) is 24.9 Å². The molecule has 2 bridgehead atoms. The van der Waals surface area contributed by atoms with Gasteiger partial charge in [-0.1, -0.05) is 32.4 Å². The summed E-state index contributed by atoms with van der Waals surface area (Å²) < 4.78 is -0.619. The van der Waals surface area contributed by atoms with E-state index in [1.807, 2.05) is 18.7 Å². The van der Waals surface area contributed by atoms with Crippen LogP contribution in [0, 0.1) is 11.8 Å². The summed E-state index contributed by atoms with van der Waals surface area (Å²) in [6.45, 7) is 15.2. The van der Waals surface area contributed by atoms with Gasteiger partial charge in [0, 0.05) is 37.5 Å². The van der Waals surface area contributed by atoms with Crippen LogP contribution in [-0.4, -0.2) is 92.4 Å². The fourth-order valence-corrected chi connectivity index (χ4v) is 8.55. The Morgan fingerprint density at radius 1 is 1.24 bits per heavy atom. The van der Waals surface area contributed by atoms with Crippen LogP contribution in [-0.2, 0) is 14.4 Å². The molecule has 0 aromatic carbocycles.